The minimum absolute atomic E-state index is 0.0785. The number of ether oxygens (including phenoxy) is 3. The molecular weight excluding hydrogens is 492 g/mol. The van der Waals surface area contributed by atoms with Gasteiger partial charge in [-0.15, -0.1) is 0 Å². The zero-order valence-corrected chi connectivity index (χ0v) is 24.6. The van der Waals surface area contributed by atoms with Crippen molar-refractivity contribution in [1.29, 1.82) is 0 Å². The van der Waals surface area contributed by atoms with E-state index in [-0.39, 0.29) is 37.0 Å². The quantitative estimate of drug-likeness (QED) is 0.179. The van der Waals surface area contributed by atoms with Crippen LogP contribution in [0, 0.1) is 0 Å². The topological polar surface area (TPSA) is 78.9 Å². The van der Waals surface area contributed by atoms with E-state index in [1.54, 1.807) is 32.9 Å². The summed E-state index contributed by atoms with van der Waals surface area (Å²) in [5.74, 6) is -0.989. The fraction of sp³-hybridized carbons (Fsp3) is 0.364. The average Bonchev–Trinajstić information content (AvgIpc) is 2.91. The first-order chi connectivity index (χ1) is 18.3. The SMILES string of the molecule is CC(C)=C(C)C(=O)OCC(COC(=O)C(C)=C(C)C)c1ccc(-c2ccc(OC(=O)C(C)=C(C)C)cc2)cc1. The molecule has 2 aromatic rings. The lowest BCUT2D eigenvalue weighted by Gasteiger charge is -2.19. The number of carbonyl (C=O) groups excluding carboxylic acids is 3. The Morgan fingerprint density at radius 1 is 0.538 bits per heavy atom. The summed E-state index contributed by atoms with van der Waals surface area (Å²) in [6, 6.07) is 15.1. The highest BCUT2D eigenvalue weighted by Crippen LogP contribution is 2.26. The molecule has 0 aliphatic carbocycles. The third kappa shape index (κ3) is 9.10. The third-order valence-electron chi connectivity index (χ3n) is 6.78. The zero-order chi connectivity index (χ0) is 29.3. The maximum atomic E-state index is 12.4. The molecule has 0 atom stereocenters. The first kappa shape index (κ1) is 31.3. The summed E-state index contributed by atoms with van der Waals surface area (Å²) in [6.07, 6.45) is 0. The van der Waals surface area contributed by atoms with E-state index >= 15 is 0 Å². The van der Waals surface area contributed by atoms with E-state index in [9.17, 15) is 14.4 Å². The summed E-state index contributed by atoms with van der Waals surface area (Å²) >= 11 is 0. The Labute approximate surface area is 232 Å². The van der Waals surface area contributed by atoms with E-state index in [0.717, 1.165) is 33.4 Å². The number of hydrogen-bond donors (Lipinski definition) is 0. The molecule has 6 heteroatoms. The molecule has 208 valence electrons. The Hall–Kier alpha value is -3.93. The molecule has 0 radical (unpaired) electrons. The van der Waals surface area contributed by atoms with Gasteiger partial charge in [0.2, 0.25) is 0 Å². The molecule has 0 unspecified atom stereocenters. The number of carbonyl (C=O) groups is 3. The molecule has 2 rings (SSSR count). The van der Waals surface area contributed by atoms with Gasteiger partial charge in [0.05, 0.1) is 5.92 Å². The van der Waals surface area contributed by atoms with Crippen molar-refractivity contribution in [3.8, 4) is 16.9 Å². The van der Waals surface area contributed by atoms with Gasteiger partial charge in [-0.3, -0.25) is 0 Å². The van der Waals surface area contributed by atoms with Crippen LogP contribution >= 0.6 is 0 Å². The third-order valence-corrected chi connectivity index (χ3v) is 6.78. The zero-order valence-electron chi connectivity index (χ0n) is 24.6. The summed E-state index contributed by atoms with van der Waals surface area (Å²) in [6.45, 7) is 16.5. The minimum Gasteiger partial charge on any atom is -0.462 e. The standard InChI is InChI=1S/C33H40O6/c1-20(2)23(7)31(34)37-18-29(19-38-32(35)24(8)21(3)4)28-12-10-26(11-13-28)27-14-16-30(17-15-27)39-33(36)25(9)22(5)6/h10-17,29H,18-19H2,1-9H3. The van der Waals surface area contributed by atoms with Gasteiger partial charge < -0.3 is 14.2 Å². The van der Waals surface area contributed by atoms with Crippen molar-refractivity contribution in [3.05, 3.63) is 87.5 Å². The number of esters is 3. The van der Waals surface area contributed by atoms with Gasteiger partial charge in [-0.25, -0.2) is 14.4 Å². The van der Waals surface area contributed by atoms with Crippen LogP contribution in [0.25, 0.3) is 11.1 Å². The van der Waals surface area contributed by atoms with Crippen LogP contribution in [0.2, 0.25) is 0 Å². The molecule has 0 N–H and O–H groups in total. The van der Waals surface area contributed by atoms with E-state index < -0.39 is 0 Å². The summed E-state index contributed by atoms with van der Waals surface area (Å²) in [5, 5.41) is 0. The maximum Gasteiger partial charge on any atom is 0.339 e. The summed E-state index contributed by atoms with van der Waals surface area (Å²) in [7, 11) is 0. The van der Waals surface area contributed by atoms with Gasteiger partial charge in [0.15, 0.2) is 0 Å². The van der Waals surface area contributed by atoms with Gasteiger partial charge in [0.1, 0.15) is 19.0 Å². The Balaban J connectivity index is 2.21. The molecule has 0 heterocycles. The second kappa shape index (κ2) is 14.3. The van der Waals surface area contributed by atoms with Gasteiger partial charge in [-0.2, -0.15) is 0 Å². The molecule has 0 fully saturated rings. The Morgan fingerprint density at radius 3 is 1.28 bits per heavy atom. The molecule has 2 aromatic carbocycles. The highest BCUT2D eigenvalue weighted by molar-refractivity contribution is 5.90. The summed E-state index contributed by atoms with van der Waals surface area (Å²) in [4.78, 5) is 37.1. The van der Waals surface area contributed by atoms with Crippen LogP contribution in [0.5, 0.6) is 5.75 Å². The Kier molecular flexibility index (Phi) is 11.5. The number of benzene rings is 2. The van der Waals surface area contributed by atoms with Crippen molar-refractivity contribution in [2.24, 2.45) is 0 Å². The van der Waals surface area contributed by atoms with Crippen LogP contribution in [-0.4, -0.2) is 31.1 Å². The highest BCUT2D eigenvalue weighted by atomic mass is 16.5. The smallest absolute Gasteiger partial charge is 0.339 e. The van der Waals surface area contributed by atoms with Crippen molar-refractivity contribution < 1.29 is 28.6 Å². The molecule has 6 nitrogen and oxygen atoms in total. The molecule has 0 saturated carbocycles. The molecule has 39 heavy (non-hydrogen) atoms. The minimum atomic E-state index is -0.385. The van der Waals surface area contributed by atoms with Crippen LogP contribution in [-0.2, 0) is 23.9 Å². The van der Waals surface area contributed by atoms with Crippen molar-refractivity contribution in [2.45, 2.75) is 68.2 Å². The Bertz CT molecular complexity index is 1240. The molecular formula is C33H40O6. The van der Waals surface area contributed by atoms with E-state index in [0.29, 0.717) is 22.5 Å². The number of hydrogen-bond acceptors (Lipinski definition) is 6. The van der Waals surface area contributed by atoms with Crippen LogP contribution in [0.15, 0.2) is 82.0 Å². The molecule has 0 spiro atoms. The highest BCUT2D eigenvalue weighted by Gasteiger charge is 2.19. The van der Waals surface area contributed by atoms with Gasteiger partial charge in [0, 0.05) is 16.7 Å². The second-order valence-electron chi connectivity index (χ2n) is 10.3. The Morgan fingerprint density at radius 2 is 0.897 bits per heavy atom. The first-order valence-corrected chi connectivity index (χ1v) is 13.0. The molecule has 0 aromatic heterocycles. The van der Waals surface area contributed by atoms with Crippen molar-refractivity contribution >= 4 is 17.9 Å². The largest absolute Gasteiger partial charge is 0.462 e. The van der Waals surface area contributed by atoms with Gasteiger partial charge in [-0.05, 0) is 91.1 Å². The van der Waals surface area contributed by atoms with Crippen molar-refractivity contribution in [1.82, 2.24) is 0 Å². The predicted molar refractivity (Wildman–Crippen MR) is 154 cm³/mol. The lowest BCUT2D eigenvalue weighted by Crippen LogP contribution is -2.20. The number of rotatable bonds is 10. The molecule has 0 amide bonds. The molecule has 0 aliphatic rings. The monoisotopic (exact) mass is 532 g/mol. The van der Waals surface area contributed by atoms with Gasteiger partial charge >= 0.3 is 17.9 Å². The molecule has 0 saturated heterocycles. The van der Waals surface area contributed by atoms with E-state index in [4.69, 9.17) is 14.2 Å². The van der Waals surface area contributed by atoms with Gasteiger partial charge in [0.25, 0.3) is 0 Å². The van der Waals surface area contributed by atoms with Crippen LogP contribution in [0.3, 0.4) is 0 Å². The summed E-state index contributed by atoms with van der Waals surface area (Å²) in [5.41, 5.74) is 7.20. The van der Waals surface area contributed by atoms with Gasteiger partial charge in [-0.1, -0.05) is 53.1 Å². The van der Waals surface area contributed by atoms with Crippen molar-refractivity contribution in [2.75, 3.05) is 13.2 Å². The average molecular weight is 533 g/mol. The van der Waals surface area contributed by atoms with E-state index in [1.165, 1.54) is 0 Å². The maximum absolute atomic E-state index is 12.4. The molecule has 0 aliphatic heterocycles. The van der Waals surface area contributed by atoms with Crippen molar-refractivity contribution in [3.63, 3.8) is 0 Å². The van der Waals surface area contributed by atoms with Crippen LogP contribution in [0.1, 0.15) is 73.8 Å². The number of allylic oxidation sites excluding steroid dienone is 3. The fourth-order valence-electron chi connectivity index (χ4n) is 3.27. The van der Waals surface area contributed by atoms with Crippen LogP contribution < -0.4 is 4.74 Å². The van der Waals surface area contributed by atoms with E-state index in [2.05, 4.69) is 0 Å². The predicted octanol–water partition coefficient (Wildman–Crippen LogP) is 7.50. The normalized spacial score (nSPS) is 10.4. The van der Waals surface area contributed by atoms with E-state index in [1.807, 2.05) is 77.9 Å². The lowest BCUT2D eigenvalue weighted by atomic mass is 9.97. The summed E-state index contributed by atoms with van der Waals surface area (Å²) < 4.78 is 16.6. The molecule has 0 bridgehead atoms. The second-order valence-corrected chi connectivity index (χ2v) is 10.3. The fourth-order valence-corrected chi connectivity index (χ4v) is 3.27. The first-order valence-electron chi connectivity index (χ1n) is 13.0. The lowest BCUT2D eigenvalue weighted by molar-refractivity contribution is -0.142. The van der Waals surface area contributed by atoms with Crippen LogP contribution in [0.4, 0.5) is 0 Å².